The Labute approximate surface area is 107 Å². The highest BCUT2D eigenvalue weighted by Crippen LogP contribution is 2.20. The average Bonchev–Trinajstić information content (AvgIpc) is 2.82. The largest absolute Gasteiger partial charge is 0.305 e. The third kappa shape index (κ3) is 2.15. The second-order valence-electron chi connectivity index (χ2n) is 3.96. The van der Waals surface area contributed by atoms with Crippen molar-refractivity contribution in [3.63, 3.8) is 0 Å². The lowest BCUT2D eigenvalue weighted by Crippen LogP contribution is -2.13. The molecule has 0 saturated carbocycles. The van der Waals surface area contributed by atoms with Crippen molar-refractivity contribution in [3.8, 4) is 0 Å². The molecule has 3 rings (SSSR count). The van der Waals surface area contributed by atoms with Gasteiger partial charge in [-0.3, -0.25) is 14.9 Å². The van der Waals surface area contributed by atoms with E-state index in [4.69, 9.17) is 0 Å². The maximum Gasteiger partial charge on any atom is 0.258 e. The van der Waals surface area contributed by atoms with Crippen molar-refractivity contribution in [1.82, 2.24) is 15.2 Å². The van der Waals surface area contributed by atoms with Gasteiger partial charge in [-0.25, -0.2) is 4.39 Å². The van der Waals surface area contributed by atoms with Gasteiger partial charge in [0.1, 0.15) is 5.82 Å². The summed E-state index contributed by atoms with van der Waals surface area (Å²) in [5, 5.41) is 10.2. The zero-order valence-corrected chi connectivity index (χ0v) is 9.72. The van der Waals surface area contributed by atoms with Gasteiger partial charge in [0.15, 0.2) is 5.82 Å². The van der Waals surface area contributed by atoms with E-state index in [-0.39, 0.29) is 5.56 Å². The van der Waals surface area contributed by atoms with Crippen LogP contribution in [0.3, 0.4) is 0 Å². The zero-order chi connectivity index (χ0) is 13.2. The van der Waals surface area contributed by atoms with Crippen LogP contribution in [0.4, 0.5) is 10.2 Å². The lowest BCUT2D eigenvalue weighted by molar-refractivity contribution is 0.102. The predicted octanol–water partition coefficient (Wildman–Crippen LogP) is 2.35. The second-order valence-corrected chi connectivity index (χ2v) is 3.96. The number of hydrogen-bond donors (Lipinski definition) is 2. The Hall–Kier alpha value is -2.76. The van der Waals surface area contributed by atoms with Gasteiger partial charge in [0.25, 0.3) is 5.91 Å². The molecule has 0 radical (unpaired) electrons. The van der Waals surface area contributed by atoms with Crippen molar-refractivity contribution in [2.45, 2.75) is 0 Å². The summed E-state index contributed by atoms with van der Waals surface area (Å²) in [6, 6.07) is 8.51. The van der Waals surface area contributed by atoms with E-state index in [9.17, 15) is 9.18 Å². The fourth-order valence-corrected chi connectivity index (χ4v) is 1.77. The number of rotatable bonds is 2. The van der Waals surface area contributed by atoms with Crippen molar-refractivity contribution >= 4 is 22.6 Å². The van der Waals surface area contributed by atoms with Gasteiger partial charge in [-0.2, -0.15) is 5.10 Å². The summed E-state index contributed by atoms with van der Waals surface area (Å²) >= 11 is 0. The highest BCUT2D eigenvalue weighted by atomic mass is 19.1. The van der Waals surface area contributed by atoms with E-state index in [0.29, 0.717) is 5.82 Å². The summed E-state index contributed by atoms with van der Waals surface area (Å²) in [5.41, 5.74) is 0.960. The van der Waals surface area contributed by atoms with Crippen molar-refractivity contribution < 1.29 is 9.18 Å². The molecular formula is C13H9FN4O. The van der Waals surface area contributed by atoms with E-state index >= 15 is 0 Å². The minimum absolute atomic E-state index is 0.145. The minimum Gasteiger partial charge on any atom is -0.305 e. The number of aromatic amines is 1. The number of carbonyl (C=O) groups is 1. The Bertz CT molecular complexity index is 753. The van der Waals surface area contributed by atoms with Gasteiger partial charge in [-0.15, -0.1) is 0 Å². The first-order valence-corrected chi connectivity index (χ1v) is 5.59. The van der Waals surface area contributed by atoms with Crippen LogP contribution in [0, 0.1) is 5.82 Å². The third-order valence-corrected chi connectivity index (χ3v) is 2.67. The van der Waals surface area contributed by atoms with Crippen LogP contribution in [0.5, 0.6) is 0 Å². The molecule has 0 aliphatic heterocycles. The topological polar surface area (TPSA) is 70.7 Å². The molecule has 3 aromatic rings. The quantitative estimate of drug-likeness (QED) is 0.739. The van der Waals surface area contributed by atoms with E-state index in [2.05, 4.69) is 20.5 Å². The van der Waals surface area contributed by atoms with E-state index in [1.165, 1.54) is 6.20 Å². The lowest BCUT2D eigenvalue weighted by Gasteiger charge is -2.02. The normalized spacial score (nSPS) is 10.6. The number of fused-ring (bicyclic) bond motifs is 1. The molecular weight excluding hydrogens is 247 g/mol. The minimum atomic E-state index is -0.556. The third-order valence-electron chi connectivity index (χ3n) is 2.67. The number of anilines is 1. The first-order valence-electron chi connectivity index (χ1n) is 5.59. The molecule has 19 heavy (non-hydrogen) atoms. The number of halogens is 1. The monoisotopic (exact) mass is 256 g/mol. The van der Waals surface area contributed by atoms with Crippen molar-refractivity contribution in [2.75, 3.05) is 5.32 Å². The number of nitrogens with one attached hydrogen (secondary N) is 2. The standard InChI is InChI=1S/C13H9FN4O/c14-9-5-8(6-15-7-9)13(19)16-12-10-3-1-2-4-11(10)17-18-12/h1-7H,(H2,16,17,18,19). The Balaban J connectivity index is 1.91. The number of hydrogen-bond acceptors (Lipinski definition) is 3. The predicted molar refractivity (Wildman–Crippen MR) is 68.2 cm³/mol. The van der Waals surface area contributed by atoms with Crippen LogP contribution >= 0.6 is 0 Å². The summed E-state index contributed by atoms with van der Waals surface area (Å²) in [4.78, 5) is 15.6. The van der Waals surface area contributed by atoms with E-state index in [1.807, 2.05) is 24.3 Å². The van der Waals surface area contributed by atoms with Crippen LogP contribution in [0.15, 0.2) is 42.7 Å². The molecule has 0 atom stereocenters. The molecule has 0 spiro atoms. The Morgan fingerprint density at radius 1 is 1.26 bits per heavy atom. The Kier molecular flexibility index (Phi) is 2.68. The fourth-order valence-electron chi connectivity index (χ4n) is 1.77. The number of nitrogens with zero attached hydrogens (tertiary/aromatic N) is 2. The number of pyridine rings is 1. The van der Waals surface area contributed by atoms with E-state index in [1.54, 1.807) is 0 Å². The average molecular weight is 256 g/mol. The molecule has 1 aromatic carbocycles. The molecule has 6 heteroatoms. The first kappa shape index (κ1) is 11.3. The Morgan fingerprint density at radius 3 is 2.95 bits per heavy atom. The molecule has 2 N–H and O–H groups in total. The van der Waals surface area contributed by atoms with E-state index < -0.39 is 11.7 Å². The van der Waals surface area contributed by atoms with Gasteiger partial charge in [-0.05, 0) is 18.2 Å². The van der Waals surface area contributed by atoms with Gasteiger partial charge in [0.2, 0.25) is 0 Å². The molecule has 2 aromatic heterocycles. The van der Waals surface area contributed by atoms with Crippen LogP contribution in [-0.2, 0) is 0 Å². The Morgan fingerprint density at radius 2 is 2.11 bits per heavy atom. The number of aromatic nitrogens is 3. The van der Waals surface area contributed by atoms with Crippen LogP contribution < -0.4 is 5.32 Å². The van der Waals surface area contributed by atoms with Crippen molar-refractivity contribution in [1.29, 1.82) is 0 Å². The van der Waals surface area contributed by atoms with Gasteiger partial charge in [0.05, 0.1) is 17.3 Å². The molecule has 0 aliphatic carbocycles. The van der Waals surface area contributed by atoms with Gasteiger partial charge >= 0.3 is 0 Å². The van der Waals surface area contributed by atoms with Gasteiger partial charge in [-0.1, -0.05) is 12.1 Å². The summed E-state index contributed by atoms with van der Waals surface area (Å²) < 4.78 is 13.0. The SMILES string of the molecule is O=C(Nc1n[nH]c2ccccc12)c1cncc(F)c1. The van der Waals surface area contributed by atoms with Gasteiger partial charge < -0.3 is 5.32 Å². The van der Waals surface area contributed by atoms with E-state index in [0.717, 1.165) is 23.2 Å². The molecule has 0 bridgehead atoms. The lowest BCUT2D eigenvalue weighted by atomic mass is 10.2. The zero-order valence-electron chi connectivity index (χ0n) is 9.72. The molecule has 5 nitrogen and oxygen atoms in total. The maximum absolute atomic E-state index is 13.0. The van der Waals surface area contributed by atoms with Gasteiger partial charge in [0, 0.05) is 11.6 Å². The molecule has 0 fully saturated rings. The molecule has 0 aliphatic rings. The summed E-state index contributed by atoms with van der Waals surface area (Å²) in [5.74, 6) is -0.603. The first-order chi connectivity index (χ1) is 9.24. The molecule has 2 heterocycles. The summed E-state index contributed by atoms with van der Waals surface area (Å²) in [6.07, 6.45) is 2.34. The smallest absolute Gasteiger partial charge is 0.258 e. The number of benzene rings is 1. The number of amides is 1. The fraction of sp³-hybridized carbons (Fsp3) is 0. The van der Waals surface area contributed by atoms with Crippen molar-refractivity contribution in [2.24, 2.45) is 0 Å². The van der Waals surface area contributed by atoms with Crippen LogP contribution in [0.25, 0.3) is 10.9 Å². The second kappa shape index (κ2) is 4.49. The highest BCUT2D eigenvalue weighted by Gasteiger charge is 2.11. The van der Waals surface area contributed by atoms with Crippen molar-refractivity contribution in [3.05, 3.63) is 54.1 Å². The number of para-hydroxylation sites is 1. The highest BCUT2D eigenvalue weighted by molar-refractivity contribution is 6.07. The molecule has 0 unspecified atom stereocenters. The molecule has 94 valence electrons. The summed E-state index contributed by atoms with van der Waals surface area (Å²) in [6.45, 7) is 0. The maximum atomic E-state index is 13.0. The van der Waals surface area contributed by atoms with Crippen LogP contribution in [0.1, 0.15) is 10.4 Å². The summed E-state index contributed by atoms with van der Waals surface area (Å²) in [7, 11) is 0. The molecule has 1 amide bonds. The number of carbonyl (C=O) groups excluding carboxylic acids is 1. The van der Waals surface area contributed by atoms with Crippen LogP contribution in [0.2, 0.25) is 0 Å². The van der Waals surface area contributed by atoms with Crippen LogP contribution in [-0.4, -0.2) is 21.1 Å². The number of H-pyrrole nitrogens is 1. The molecule has 0 saturated heterocycles.